The fourth-order valence-corrected chi connectivity index (χ4v) is 2.56. The molecule has 0 spiro atoms. The smallest absolute Gasteiger partial charge is 0.293 e. The third-order valence-electron chi connectivity index (χ3n) is 3.74. The van der Waals surface area contributed by atoms with Gasteiger partial charge in [-0.2, -0.15) is 0 Å². The minimum Gasteiger partial charge on any atom is -0.393 e. The number of nitrogens with two attached hydrogens (primary N) is 1. The number of nitro groups is 1. The van der Waals surface area contributed by atoms with Gasteiger partial charge in [-0.15, -0.1) is 0 Å². The minimum absolute atomic E-state index is 0.0781. The zero-order valence-electron chi connectivity index (χ0n) is 12.0. The van der Waals surface area contributed by atoms with Gasteiger partial charge in [0.1, 0.15) is 5.69 Å². The maximum absolute atomic E-state index is 12.1. The Kier molecular flexibility index (Phi) is 4.74. The van der Waals surface area contributed by atoms with E-state index in [9.17, 15) is 14.9 Å². The first-order valence-corrected chi connectivity index (χ1v) is 7.02. The summed E-state index contributed by atoms with van der Waals surface area (Å²) in [6, 6.07) is 2.95. The van der Waals surface area contributed by atoms with Crippen molar-refractivity contribution in [1.82, 2.24) is 10.6 Å². The first-order valence-electron chi connectivity index (χ1n) is 7.02. The van der Waals surface area contributed by atoms with Crippen LogP contribution in [0.4, 0.5) is 11.4 Å². The summed E-state index contributed by atoms with van der Waals surface area (Å²) in [4.78, 5) is 22.5. The van der Waals surface area contributed by atoms with E-state index < -0.39 is 4.92 Å². The lowest BCUT2D eigenvalue weighted by Crippen LogP contribution is -2.27. The molecule has 1 heterocycles. The Morgan fingerprint density at radius 2 is 2.33 bits per heavy atom. The van der Waals surface area contributed by atoms with Crippen molar-refractivity contribution in [1.29, 1.82) is 0 Å². The van der Waals surface area contributed by atoms with E-state index in [1.165, 1.54) is 6.07 Å². The zero-order chi connectivity index (χ0) is 15.4. The van der Waals surface area contributed by atoms with Crippen LogP contribution in [0.5, 0.6) is 0 Å². The van der Waals surface area contributed by atoms with Crippen LogP contribution < -0.4 is 16.4 Å². The number of anilines is 1. The number of rotatable bonds is 5. The van der Waals surface area contributed by atoms with Gasteiger partial charge in [-0.3, -0.25) is 14.9 Å². The molecule has 1 aromatic carbocycles. The molecule has 1 amide bonds. The molecule has 1 aliphatic heterocycles. The van der Waals surface area contributed by atoms with Crippen LogP contribution in [0.25, 0.3) is 0 Å². The van der Waals surface area contributed by atoms with E-state index in [2.05, 4.69) is 10.6 Å². The number of hydrogen-bond acceptors (Lipinski definition) is 5. The van der Waals surface area contributed by atoms with Crippen molar-refractivity contribution in [3.63, 3.8) is 0 Å². The van der Waals surface area contributed by atoms with Crippen LogP contribution in [0.15, 0.2) is 12.1 Å². The molecule has 114 valence electrons. The molecule has 1 aromatic rings. The Hall–Kier alpha value is -2.15. The number of nitrogens with one attached hydrogen (secondary N) is 2. The van der Waals surface area contributed by atoms with E-state index in [0.717, 1.165) is 25.9 Å². The number of amides is 1. The lowest BCUT2D eigenvalue weighted by atomic mass is 10.0. The molecule has 7 heteroatoms. The molecule has 0 saturated carbocycles. The highest BCUT2D eigenvalue weighted by Crippen LogP contribution is 2.27. The molecule has 2 rings (SSSR count). The summed E-state index contributed by atoms with van der Waals surface area (Å²) in [5.74, 6) is 0.222. The van der Waals surface area contributed by atoms with Crippen molar-refractivity contribution in [2.45, 2.75) is 19.8 Å². The van der Waals surface area contributed by atoms with Crippen LogP contribution in [0, 0.1) is 23.0 Å². The van der Waals surface area contributed by atoms with Gasteiger partial charge >= 0.3 is 0 Å². The van der Waals surface area contributed by atoms with Gasteiger partial charge in [0.15, 0.2) is 0 Å². The number of carbonyl (C=O) groups excluding carboxylic acids is 1. The standard InChI is InChI=1S/C14H20N4O3/c1-9-6-11(13(15)12(7-9)18(20)21)14(19)17-5-3-10-2-4-16-8-10/h6-7,10,16H,2-5,8,15H2,1H3,(H,17,19). The molecular formula is C14H20N4O3. The van der Waals surface area contributed by atoms with E-state index in [-0.39, 0.29) is 22.8 Å². The average molecular weight is 292 g/mol. The Balaban J connectivity index is 2.02. The topological polar surface area (TPSA) is 110 Å². The molecule has 0 aliphatic carbocycles. The van der Waals surface area contributed by atoms with Crippen LogP contribution in [0.3, 0.4) is 0 Å². The van der Waals surface area contributed by atoms with Crippen molar-refractivity contribution in [2.75, 3.05) is 25.4 Å². The molecule has 1 unspecified atom stereocenters. The van der Waals surface area contributed by atoms with Gasteiger partial charge in [0.2, 0.25) is 0 Å². The molecule has 21 heavy (non-hydrogen) atoms. The molecule has 0 aromatic heterocycles. The Bertz CT molecular complexity index is 553. The van der Waals surface area contributed by atoms with Gasteiger partial charge in [-0.1, -0.05) is 0 Å². The van der Waals surface area contributed by atoms with Gasteiger partial charge < -0.3 is 16.4 Å². The number of hydrogen-bond donors (Lipinski definition) is 3. The summed E-state index contributed by atoms with van der Waals surface area (Å²) in [5, 5.41) is 17.0. The third kappa shape index (κ3) is 3.69. The molecule has 0 radical (unpaired) electrons. The SMILES string of the molecule is Cc1cc(C(=O)NCCC2CCNC2)c(N)c([N+](=O)[O-])c1. The van der Waals surface area contributed by atoms with E-state index in [1.54, 1.807) is 13.0 Å². The lowest BCUT2D eigenvalue weighted by Gasteiger charge is -2.11. The number of nitrogens with zero attached hydrogens (tertiary/aromatic N) is 1. The van der Waals surface area contributed by atoms with Crippen LogP contribution >= 0.6 is 0 Å². The van der Waals surface area contributed by atoms with Crippen molar-refractivity contribution >= 4 is 17.3 Å². The molecule has 7 nitrogen and oxygen atoms in total. The summed E-state index contributed by atoms with van der Waals surface area (Å²) in [7, 11) is 0. The van der Waals surface area contributed by atoms with Crippen molar-refractivity contribution in [2.24, 2.45) is 5.92 Å². The van der Waals surface area contributed by atoms with Crippen LogP contribution in [0.2, 0.25) is 0 Å². The third-order valence-corrected chi connectivity index (χ3v) is 3.74. The quantitative estimate of drug-likeness (QED) is 0.429. The number of aryl methyl sites for hydroxylation is 1. The predicted molar refractivity (Wildman–Crippen MR) is 80.2 cm³/mol. The second-order valence-corrected chi connectivity index (χ2v) is 5.41. The minimum atomic E-state index is -0.566. The Morgan fingerprint density at radius 3 is 2.95 bits per heavy atom. The highest BCUT2D eigenvalue weighted by atomic mass is 16.6. The summed E-state index contributed by atoms with van der Waals surface area (Å²) < 4.78 is 0. The van der Waals surface area contributed by atoms with E-state index in [1.807, 2.05) is 0 Å². The lowest BCUT2D eigenvalue weighted by molar-refractivity contribution is -0.384. The average Bonchev–Trinajstić information content (AvgIpc) is 2.93. The number of nitro benzene ring substituents is 1. The van der Waals surface area contributed by atoms with Crippen molar-refractivity contribution in [3.05, 3.63) is 33.4 Å². The maximum atomic E-state index is 12.1. The molecule has 1 fully saturated rings. The molecule has 4 N–H and O–H groups in total. The number of carbonyl (C=O) groups is 1. The molecule has 1 aliphatic rings. The molecular weight excluding hydrogens is 272 g/mol. The first-order chi connectivity index (χ1) is 9.99. The molecule has 1 saturated heterocycles. The molecule has 0 bridgehead atoms. The second-order valence-electron chi connectivity index (χ2n) is 5.41. The van der Waals surface area contributed by atoms with E-state index in [4.69, 9.17) is 5.73 Å². The van der Waals surface area contributed by atoms with Crippen LogP contribution in [0.1, 0.15) is 28.8 Å². The summed E-state index contributed by atoms with van der Waals surface area (Å²) in [6.45, 7) is 4.25. The fraction of sp³-hybridized carbons (Fsp3) is 0.500. The largest absolute Gasteiger partial charge is 0.393 e. The van der Waals surface area contributed by atoms with Crippen LogP contribution in [-0.4, -0.2) is 30.5 Å². The van der Waals surface area contributed by atoms with E-state index >= 15 is 0 Å². The van der Waals surface area contributed by atoms with E-state index in [0.29, 0.717) is 18.0 Å². The Morgan fingerprint density at radius 1 is 1.57 bits per heavy atom. The normalized spacial score (nSPS) is 17.7. The van der Waals surface area contributed by atoms with Gasteiger partial charge in [0.05, 0.1) is 10.5 Å². The number of nitrogen functional groups attached to an aromatic ring is 1. The maximum Gasteiger partial charge on any atom is 0.293 e. The van der Waals surface area contributed by atoms with Gasteiger partial charge in [-0.25, -0.2) is 0 Å². The fourth-order valence-electron chi connectivity index (χ4n) is 2.56. The predicted octanol–water partition coefficient (Wildman–Crippen LogP) is 1.21. The van der Waals surface area contributed by atoms with Gasteiger partial charge in [0.25, 0.3) is 11.6 Å². The first kappa shape index (κ1) is 15.2. The zero-order valence-corrected chi connectivity index (χ0v) is 12.0. The summed E-state index contributed by atoms with van der Waals surface area (Å²) >= 11 is 0. The summed E-state index contributed by atoms with van der Waals surface area (Å²) in [5.41, 5.74) is 6.25. The van der Waals surface area contributed by atoms with Gasteiger partial charge in [-0.05, 0) is 50.4 Å². The highest BCUT2D eigenvalue weighted by Gasteiger charge is 2.21. The Labute approximate surface area is 123 Å². The van der Waals surface area contributed by atoms with Crippen molar-refractivity contribution in [3.8, 4) is 0 Å². The van der Waals surface area contributed by atoms with Gasteiger partial charge in [0, 0.05) is 12.6 Å². The highest BCUT2D eigenvalue weighted by molar-refractivity contribution is 6.01. The van der Waals surface area contributed by atoms with Crippen LogP contribution in [-0.2, 0) is 0 Å². The monoisotopic (exact) mass is 292 g/mol. The number of benzene rings is 1. The second kappa shape index (κ2) is 6.53. The molecule has 1 atom stereocenters. The summed E-state index contributed by atoms with van der Waals surface area (Å²) in [6.07, 6.45) is 2.01. The van der Waals surface area contributed by atoms with Crippen molar-refractivity contribution < 1.29 is 9.72 Å².